The van der Waals surface area contributed by atoms with E-state index in [2.05, 4.69) is 15.9 Å². The van der Waals surface area contributed by atoms with Crippen molar-refractivity contribution in [1.82, 2.24) is 0 Å². The Morgan fingerprint density at radius 1 is 1.57 bits per heavy atom. The SMILES string of the molecule is CCOC(=O)c1cc(F)c(C)c(Br)c1. The zero-order valence-corrected chi connectivity index (χ0v) is 9.52. The van der Waals surface area contributed by atoms with Crippen LogP contribution in [0.4, 0.5) is 4.39 Å². The second kappa shape index (κ2) is 4.55. The molecule has 2 nitrogen and oxygen atoms in total. The Labute approximate surface area is 90.2 Å². The Kier molecular flexibility index (Phi) is 3.63. The highest BCUT2D eigenvalue weighted by Gasteiger charge is 2.11. The van der Waals surface area contributed by atoms with Gasteiger partial charge in [-0.1, -0.05) is 15.9 Å². The molecule has 0 saturated carbocycles. The van der Waals surface area contributed by atoms with Crippen molar-refractivity contribution in [1.29, 1.82) is 0 Å². The number of ether oxygens (including phenoxy) is 1. The van der Waals surface area contributed by atoms with Gasteiger partial charge in [0.2, 0.25) is 0 Å². The van der Waals surface area contributed by atoms with Crippen molar-refractivity contribution in [3.05, 3.63) is 33.5 Å². The van der Waals surface area contributed by atoms with E-state index in [4.69, 9.17) is 4.74 Å². The zero-order valence-electron chi connectivity index (χ0n) is 7.93. The Balaban J connectivity index is 3.06. The van der Waals surface area contributed by atoms with Crippen molar-refractivity contribution in [3.63, 3.8) is 0 Å². The van der Waals surface area contributed by atoms with E-state index in [9.17, 15) is 9.18 Å². The molecule has 0 aromatic heterocycles. The number of rotatable bonds is 2. The van der Waals surface area contributed by atoms with E-state index >= 15 is 0 Å². The maximum Gasteiger partial charge on any atom is 0.338 e. The van der Waals surface area contributed by atoms with Crippen LogP contribution in [0.5, 0.6) is 0 Å². The summed E-state index contributed by atoms with van der Waals surface area (Å²) in [5.74, 6) is -0.922. The van der Waals surface area contributed by atoms with Gasteiger partial charge in [-0.2, -0.15) is 0 Å². The summed E-state index contributed by atoms with van der Waals surface area (Å²) >= 11 is 3.17. The number of hydrogen-bond acceptors (Lipinski definition) is 2. The first-order valence-electron chi connectivity index (χ1n) is 4.19. The summed E-state index contributed by atoms with van der Waals surface area (Å²) in [6.45, 7) is 3.62. The number of carbonyl (C=O) groups excluding carboxylic acids is 1. The van der Waals surface area contributed by atoms with Crippen molar-refractivity contribution >= 4 is 21.9 Å². The van der Waals surface area contributed by atoms with Gasteiger partial charge in [0.1, 0.15) is 5.82 Å². The Morgan fingerprint density at radius 2 is 2.21 bits per heavy atom. The molecule has 0 aliphatic heterocycles. The maximum absolute atomic E-state index is 13.2. The van der Waals surface area contributed by atoms with Crippen LogP contribution in [-0.2, 0) is 4.74 Å². The molecule has 1 rings (SSSR count). The van der Waals surface area contributed by atoms with E-state index in [1.54, 1.807) is 19.9 Å². The second-order valence-electron chi connectivity index (χ2n) is 2.79. The molecule has 0 N–H and O–H groups in total. The molecule has 0 aliphatic rings. The standard InChI is InChI=1S/C10H10BrFO2/c1-3-14-10(13)7-4-8(11)6(2)9(12)5-7/h4-5H,3H2,1-2H3. The lowest BCUT2D eigenvalue weighted by Gasteiger charge is -2.05. The summed E-state index contributed by atoms with van der Waals surface area (Å²) < 4.78 is 18.5. The zero-order chi connectivity index (χ0) is 10.7. The first kappa shape index (κ1) is 11.2. The summed E-state index contributed by atoms with van der Waals surface area (Å²) in [6.07, 6.45) is 0. The highest BCUT2D eigenvalue weighted by atomic mass is 79.9. The van der Waals surface area contributed by atoms with Gasteiger partial charge < -0.3 is 4.74 Å². The average Bonchev–Trinajstić information content (AvgIpc) is 2.13. The molecule has 0 spiro atoms. The topological polar surface area (TPSA) is 26.3 Å². The average molecular weight is 261 g/mol. The third-order valence-electron chi connectivity index (χ3n) is 1.79. The lowest BCUT2D eigenvalue weighted by molar-refractivity contribution is 0.0525. The van der Waals surface area contributed by atoms with E-state index in [-0.39, 0.29) is 12.2 Å². The lowest BCUT2D eigenvalue weighted by atomic mass is 10.1. The van der Waals surface area contributed by atoms with E-state index in [0.717, 1.165) is 0 Å². The minimum absolute atomic E-state index is 0.224. The van der Waals surface area contributed by atoms with Crippen molar-refractivity contribution in [2.75, 3.05) is 6.61 Å². The van der Waals surface area contributed by atoms with Crippen LogP contribution in [-0.4, -0.2) is 12.6 Å². The summed E-state index contributed by atoms with van der Waals surface area (Å²) in [7, 11) is 0. The van der Waals surface area contributed by atoms with Crippen LogP contribution in [0.15, 0.2) is 16.6 Å². The summed E-state index contributed by atoms with van der Waals surface area (Å²) in [6, 6.07) is 2.73. The van der Waals surface area contributed by atoms with Crippen LogP contribution < -0.4 is 0 Å². The van der Waals surface area contributed by atoms with Gasteiger partial charge in [0.15, 0.2) is 0 Å². The molecule has 0 unspecified atom stereocenters. The molecular formula is C10H10BrFO2. The van der Waals surface area contributed by atoms with E-state index in [1.165, 1.54) is 6.07 Å². The van der Waals surface area contributed by atoms with Gasteiger partial charge in [-0.25, -0.2) is 9.18 Å². The number of esters is 1. The molecule has 0 atom stereocenters. The molecule has 0 bridgehead atoms. The molecule has 0 amide bonds. The monoisotopic (exact) mass is 260 g/mol. The van der Waals surface area contributed by atoms with Gasteiger partial charge in [0, 0.05) is 4.47 Å². The van der Waals surface area contributed by atoms with Gasteiger partial charge in [0.25, 0.3) is 0 Å². The van der Waals surface area contributed by atoms with Crippen LogP contribution in [0.2, 0.25) is 0 Å². The third-order valence-corrected chi connectivity index (χ3v) is 2.62. The largest absolute Gasteiger partial charge is 0.462 e. The van der Waals surface area contributed by atoms with Crippen molar-refractivity contribution in [2.24, 2.45) is 0 Å². The first-order valence-corrected chi connectivity index (χ1v) is 4.98. The van der Waals surface area contributed by atoms with E-state index < -0.39 is 11.8 Å². The highest BCUT2D eigenvalue weighted by Crippen LogP contribution is 2.21. The summed E-state index contributed by atoms with van der Waals surface area (Å²) in [5.41, 5.74) is 0.708. The van der Waals surface area contributed by atoms with Crippen molar-refractivity contribution < 1.29 is 13.9 Å². The fourth-order valence-corrected chi connectivity index (χ4v) is 1.41. The molecule has 1 aromatic carbocycles. The molecule has 0 fully saturated rings. The van der Waals surface area contributed by atoms with Gasteiger partial charge >= 0.3 is 5.97 Å². The summed E-state index contributed by atoms with van der Waals surface area (Å²) in [5, 5.41) is 0. The Bertz CT molecular complexity index is 340. The smallest absolute Gasteiger partial charge is 0.338 e. The molecule has 0 saturated heterocycles. The van der Waals surface area contributed by atoms with Crippen LogP contribution in [0, 0.1) is 12.7 Å². The minimum Gasteiger partial charge on any atom is -0.462 e. The van der Waals surface area contributed by atoms with Gasteiger partial charge in [0.05, 0.1) is 12.2 Å². The Hall–Kier alpha value is -0.900. The maximum atomic E-state index is 13.2. The van der Waals surface area contributed by atoms with E-state index in [1.807, 2.05) is 0 Å². The minimum atomic E-state index is -0.507. The lowest BCUT2D eigenvalue weighted by Crippen LogP contribution is -2.05. The molecule has 0 aliphatic carbocycles. The van der Waals surface area contributed by atoms with Crippen LogP contribution in [0.1, 0.15) is 22.8 Å². The van der Waals surface area contributed by atoms with Crippen LogP contribution >= 0.6 is 15.9 Å². The molecular weight excluding hydrogens is 251 g/mol. The first-order chi connectivity index (χ1) is 6.56. The van der Waals surface area contributed by atoms with Crippen molar-refractivity contribution in [3.8, 4) is 0 Å². The molecule has 0 radical (unpaired) electrons. The number of carbonyl (C=O) groups is 1. The van der Waals surface area contributed by atoms with E-state index in [0.29, 0.717) is 10.0 Å². The van der Waals surface area contributed by atoms with Gasteiger partial charge in [-0.15, -0.1) is 0 Å². The second-order valence-corrected chi connectivity index (χ2v) is 3.64. The Morgan fingerprint density at radius 3 is 2.71 bits per heavy atom. The number of halogens is 2. The fraction of sp³-hybridized carbons (Fsp3) is 0.300. The number of hydrogen-bond donors (Lipinski definition) is 0. The fourth-order valence-electron chi connectivity index (χ4n) is 0.978. The molecule has 1 aromatic rings. The summed E-state index contributed by atoms with van der Waals surface area (Å²) in [4.78, 5) is 11.3. The van der Waals surface area contributed by atoms with Crippen LogP contribution in [0.25, 0.3) is 0 Å². The molecule has 0 heterocycles. The normalized spacial score (nSPS) is 10.0. The molecule has 76 valence electrons. The van der Waals surface area contributed by atoms with Gasteiger partial charge in [-0.3, -0.25) is 0 Å². The van der Waals surface area contributed by atoms with Crippen LogP contribution in [0.3, 0.4) is 0 Å². The van der Waals surface area contributed by atoms with Crippen molar-refractivity contribution in [2.45, 2.75) is 13.8 Å². The highest BCUT2D eigenvalue weighted by molar-refractivity contribution is 9.10. The predicted octanol–water partition coefficient (Wildman–Crippen LogP) is 3.07. The van der Waals surface area contributed by atoms with Gasteiger partial charge in [-0.05, 0) is 31.5 Å². The predicted molar refractivity (Wildman–Crippen MR) is 54.8 cm³/mol. The molecule has 4 heteroatoms. The number of benzene rings is 1. The molecule has 14 heavy (non-hydrogen) atoms. The third kappa shape index (κ3) is 2.32. The quantitative estimate of drug-likeness (QED) is 0.765.